The molecule has 6 nitrogen and oxygen atoms in total. The van der Waals surface area contributed by atoms with E-state index in [9.17, 15) is 4.79 Å². The van der Waals surface area contributed by atoms with Gasteiger partial charge in [-0.3, -0.25) is 4.79 Å². The van der Waals surface area contributed by atoms with Gasteiger partial charge in [0.1, 0.15) is 0 Å². The molecule has 6 heteroatoms. The van der Waals surface area contributed by atoms with Gasteiger partial charge in [0.25, 0.3) is 11.8 Å². The van der Waals surface area contributed by atoms with Crippen LogP contribution in [0.2, 0.25) is 0 Å². The van der Waals surface area contributed by atoms with Crippen LogP contribution >= 0.6 is 0 Å². The third kappa shape index (κ3) is 2.95. The molecule has 0 aliphatic rings. The number of rotatable bonds is 4. The van der Waals surface area contributed by atoms with Crippen LogP contribution in [0.1, 0.15) is 24.4 Å². The summed E-state index contributed by atoms with van der Waals surface area (Å²) in [5.41, 5.74) is -0.697. The second kappa shape index (κ2) is 4.31. The number of aliphatic hydroxyl groups excluding tert-OH is 1. The predicted molar refractivity (Wildman–Crippen MR) is 51.7 cm³/mol. The Balaban J connectivity index is 2.69. The molecule has 0 radical (unpaired) electrons. The maximum Gasteiger partial charge on any atom is 0.290 e. The molecular weight excluding hydrogens is 200 g/mol. The van der Waals surface area contributed by atoms with Crippen molar-refractivity contribution in [2.24, 2.45) is 0 Å². The standard InChI is InChI=1S/C9H14N2O4/c1-9(2,5-12)10-8(13)6-4-7(14-3)11-15-6/h4,12H,5H2,1-3H3,(H,10,13). The molecule has 1 aromatic rings. The van der Waals surface area contributed by atoms with Gasteiger partial charge >= 0.3 is 0 Å². The molecule has 0 bridgehead atoms. The van der Waals surface area contributed by atoms with Crippen LogP contribution in [0.25, 0.3) is 0 Å². The van der Waals surface area contributed by atoms with Gasteiger partial charge in [0, 0.05) is 0 Å². The van der Waals surface area contributed by atoms with Crippen LogP contribution in [0.4, 0.5) is 0 Å². The summed E-state index contributed by atoms with van der Waals surface area (Å²) in [7, 11) is 1.43. The van der Waals surface area contributed by atoms with E-state index in [2.05, 4.69) is 10.5 Å². The highest BCUT2D eigenvalue weighted by molar-refractivity contribution is 5.92. The zero-order chi connectivity index (χ0) is 11.5. The lowest BCUT2D eigenvalue weighted by atomic mass is 10.1. The van der Waals surface area contributed by atoms with Gasteiger partial charge in [0.15, 0.2) is 0 Å². The maximum atomic E-state index is 11.5. The van der Waals surface area contributed by atoms with Crippen molar-refractivity contribution < 1.29 is 19.2 Å². The number of hydrogen-bond donors (Lipinski definition) is 2. The Morgan fingerprint density at radius 1 is 1.73 bits per heavy atom. The van der Waals surface area contributed by atoms with Crippen LogP contribution in [0, 0.1) is 0 Å². The number of carbonyl (C=O) groups excluding carboxylic acids is 1. The molecule has 84 valence electrons. The molecule has 0 atom stereocenters. The first-order valence-electron chi connectivity index (χ1n) is 4.42. The summed E-state index contributed by atoms with van der Waals surface area (Å²) < 4.78 is 9.51. The average molecular weight is 214 g/mol. The molecule has 0 fully saturated rings. The molecule has 0 aliphatic carbocycles. The molecule has 0 spiro atoms. The normalized spacial score (nSPS) is 11.2. The number of aliphatic hydroxyl groups is 1. The van der Waals surface area contributed by atoms with Gasteiger partial charge in [0.05, 0.1) is 25.3 Å². The number of nitrogens with zero attached hydrogens (tertiary/aromatic N) is 1. The zero-order valence-electron chi connectivity index (χ0n) is 8.90. The molecule has 0 aromatic carbocycles. The van der Waals surface area contributed by atoms with Crippen molar-refractivity contribution in [2.75, 3.05) is 13.7 Å². The van der Waals surface area contributed by atoms with Gasteiger partial charge in [-0.2, -0.15) is 0 Å². The van der Waals surface area contributed by atoms with Crippen LogP contribution in [0.5, 0.6) is 5.88 Å². The van der Waals surface area contributed by atoms with Crippen molar-refractivity contribution >= 4 is 5.91 Å². The fraction of sp³-hybridized carbons (Fsp3) is 0.556. The van der Waals surface area contributed by atoms with Crippen LogP contribution in [0.15, 0.2) is 10.6 Å². The second-order valence-corrected chi connectivity index (χ2v) is 3.73. The van der Waals surface area contributed by atoms with E-state index in [4.69, 9.17) is 14.4 Å². The largest absolute Gasteiger partial charge is 0.479 e. The molecule has 1 amide bonds. The summed E-state index contributed by atoms with van der Waals surface area (Å²) >= 11 is 0. The van der Waals surface area contributed by atoms with E-state index in [0.29, 0.717) is 0 Å². The summed E-state index contributed by atoms with van der Waals surface area (Å²) in [6.07, 6.45) is 0. The molecule has 0 aliphatic heterocycles. The highest BCUT2D eigenvalue weighted by Gasteiger charge is 2.22. The van der Waals surface area contributed by atoms with Crippen molar-refractivity contribution in [3.8, 4) is 5.88 Å². The SMILES string of the molecule is COc1cc(C(=O)NC(C)(C)CO)on1. The molecule has 0 saturated carbocycles. The van der Waals surface area contributed by atoms with E-state index in [1.54, 1.807) is 13.8 Å². The number of carbonyl (C=O) groups is 1. The Morgan fingerprint density at radius 2 is 2.40 bits per heavy atom. The Labute approximate surface area is 87.2 Å². The van der Waals surface area contributed by atoms with Crippen molar-refractivity contribution in [3.63, 3.8) is 0 Å². The minimum absolute atomic E-state index is 0.0494. The Bertz CT molecular complexity index is 346. The average Bonchev–Trinajstić information content (AvgIpc) is 2.65. The lowest BCUT2D eigenvalue weighted by Gasteiger charge is -2.22. The maximum absolute atomic E-state index is 11.5. The minimum Gasteiger partial charge on any atom is -0.479 e. The van der Waals surface area contributed by atoms with E-state index < -0.39 is 11.4 Å². The van der Waals surface area contributed by atoms with Gasteiger partial charge in [-0.25, -0.2) is 0 Å². The predicted octanol–water partition coefficient (Wildman–Crippen LogP) is 0.184. The Kier molecular flexibility index (Phi) is 3.31. The van der Waals surface area contributed by atoms with Crippen molar-refractivity contribution in [2.45, 2.75) is 19.4 Å². The monoisotopic (exact) mass is 214 g/mol. The fourth-order valence-corrected chi connectivity index (χ4v) is 0.871. The van der Waals surface area contributed by atoms with E-state index in [1.807, 2.05) is 0 Å². The summed E-state index contributed by atoms with van der Waals surface area (Å²) in [6, 6.07) is 1.38. The first-order valence-corrected chi connectivity index (χ1v) is 4.42. The Hall–Kier alpha value is -1.56. The lowest BCUT2D eigenvalue weighted by molar-refractivity contribution is 0.0832. The van der Waals surface area contributed by atoms with Gasteiger partial charge in [-0.15, -0.1) is 0 Å². The smallest absolute Gasteiger partial charge is 0.290 e. The molecule has 0 unspecified atom stereocenters. The quantitative estimate of drug-likeness (QED) is 0.747. The number of amides is 1. The summed E-state index contributed by atoms with van der Waals surface area (Å²) in [5, 5.41) is 15.0. The molecule has 1 heterocycles. The summed E-state index contributed by atoms with van der Waals surface area (Å²) in [4.78, 5) is 11.5. The number of ether oxygens (including phenoxy) is 1. The zero-order valence-corrected chi connectivity index (χ0v) is 8.90. The van der Waals surface area contributed by atoms with Crippen LogP contribution in [-0.2, 0) is 0 Å². The second-order valence-electron chi connectivity index (χ2n) is 3.73. The summed E-state index contributed by atoms with van der Waals surface area (Å²) in [6.45, 7) is 3.22. The van der Waals surface area contributed by atoms with E-state index in [0.717, 1.165) is 0 Å². The first kappa shape index (κ1) is 11.5. The fourth-order valence-electron chi connectivity index (χ4n) is 0.871. The third-order valence-electron chi connectivity index (χ3n) is 1.77. The van der Waals surface area contributed by atoms with Crippen molar-refractivity contribution in [1.82, 2.24) is 10.5 Å². The van der Waals surface area contributed by atoms with Crippen molar-refractivity contribution in [1.29, 1.82) is 0 Å². The Morgan fingerprint density at radius 3 is 2.87 bits per heavy atom. The highest BCUT2D eigenvalue weighted by atomic mass is 16.5. The summed E-state index contributed by atoms with van der Waals surface area (Å²) in [5.74, 6) is -0.153. The minimum atomic E-state index is -0.697. The first-order chi connectivity index (χ1) is 6.98. The van der Waals surface area contributed by atoms with E-state index in [1.165, 1.54) is 13.2 Å². The topological polar surface area (TPSA) is 84.6 Å². The van der Waals surface area contributed by atoms with Crippen LogP contribution in [0.3, 0.4) is 0 Å². The van der Waals surface area contributed by atoms with Crippen LogP contribution < -0.4 is 10.1 Å². The van der Waals surface area contributed by atoms with Crippen LogP contribution in [-0.4, -0.2) is 35.4 Å². The molecule has 1 rings (SSSR count). The molecule has 1 aromatic heterocycles. The number of nitrogens with one attached hydrogen (secondary N) is 1. The number of methoxy groups -OCH3 is 1. The number of aromatic nitrogens is 1. The molecule has 15 heavy (non-hydrogen) atoms. The highest BCUT2D eigenvalue weighted by Crippen LogP contribution is 2.11. The molecular formula is C9H14N2O4. The number of hydrogen-bond acceptors (Lipinski definition) is 5. The molecule has 2 N–H and O–H groups in total. The van der Waals surface area contributed by atoms with Gasteiger partial charge in [-0.1, -0.05) is 0 Å². The van der Waals surface area contributed by atoms with E-state index in [-0.39, 0.29) is 18.2 Å². The van der Waals surface area contributed by atoms with Gasteiger partial charge in [0.2, 0.25) is 5.76 Å². The van der Waals surface area contributed by atoms with Crippen molar-refractivity contribution in [3.05, 3.63) is 11.8 Å². The third-order valence-corrected chi connectivity index (χ3v) is 1.77. The van der Waals surface area contributed by atoms with E-state index >= 15 is 0 Å². The van der Waals surface area contributed by atoms with Gasteiger partial charge in [-0.05, 0) is 19.0 Å². The molecule has 0 saturated heterocycles. The lowest BCUT2D eigenvalue weighted by Crippen LogP contribution is -2.46. The van der Waals surface area contributed by atoms with Gasteiger partial charge < -0.3 is 19.7 Å².